The van der Waals surface area contributed by atoms with E-state index >= 15 is 0 Å². The van der Waals surface area contributed by atoms with Gasteiger partial charge in [-0.05, 0) is 62.4 Å². The summed E-state index contributed by atoms with van der Waals surface area (Å²) in [5.41, 5.74) is 1.24. The minimum Gasteiger partial charge on any atom is -0.335 e. The molecule has 0 bridgehead atoms. The van der Waals surface area contributed by atoms with Crippen molar-refractivity contribution in [3.63, 3.8) is 0 Å². The van der Waals surface area contributed by atoms with Gasteiger partial charge in [-0.1, -0.05) is 24.3 Å². The number of carbonyl (C=O) groups is 2. The van der Waals surface area contributed by atoms with E-state index in [1.807, 2.05) is 4.90 Å². The van der Waals surface area contributed by atoms with Gasteiger partial charge in [0, 0.05) is 37.2 Å². The minimum absolute atomic E-state index is 0.0486. The summed E-state index contributed by atoms with van der Waals surface area (Å²) in [5.74, 6) is -0.674. The Kier molecular flexibility index (Phi) is 6.44. The molecule has 1 aliphatic carbocycles. The van der Waals surface area contributed by atoms with Gasteiger partial charge in [0.2, 0.25) is 15.9 Å². The molecule has 0 N–H and O–H groups in total. The van der Waals surface area contributed by atoms with Crippen LogP contribution in [0.25, 0.3) is 0 Å². The summed E-state index contributed by atoms with van der Waals surface area (Å²) in [6.07, 6.45) is 2.84. The van der Waals surface area contributed by atoms with Gasteiger partial charge in [-0.2, -0.15) is 4.31 Å². The summed E-state index contributed by atoms with van der Waals surface area (Å²) < 4.78 is 40.7. The average Bonchev–Trinajstić information content (AvgIpc) is 3.64. The fourth-order valence-electron chi connectivity index (χ4n) is 4.16. The molecule has 0 aromatic heterocycles. The topological polar surface area (TPSA) is 74.8 Å². The van der Waals surface area contributed by atoms with Crippen LogP contribution in [0, 0.1) is 11.7 Å². The molecule has 8 heteroatoms. The smallest absolute Gasteiger partial charge is 0.243 e. The van der Waals surface area contributed by atoms with Crippen molar-refractivity contribution in [2.24, 2.45) is 5.92 Å². The van der Waals surface area contributed by atoms with Crippen LogP contribution in [0.15, 0.2) is 53.4 Å². The molecule has 2 aromatic rings. The van der Waals surface area contributed by atoms with Gasteiger partial charge >= 0.3 is 0 Å². The van der Waals surface area contributed by atoms with Gasteiger partial charge in [0.15, 0.2) is 5.78 Å². The van der Waals surface area contributed by atoms with Crippen LogP contribution in [-0.4, -0.2) is 48.4 Å². The minimum atomic E-state index is -3.72. The number of amides is 1. The zero-order chi connectivity index (χ0) is 22.9. The maximum atomic E-state index is 13.2. The maximum Gasteiger partial charge on any atom is 0.243 e. The predicted octanol–water partition coefficient (Wildman–Crippen LogP) is 3.62. The number of carbonyl (C=O) groups excluding carboxylic acids is 2. The first kappa shape index (κ1) is 22.6. The van der Waals surface area contributed by atoms with Crippen LogP contribution in [0.2, 0.25) is 0 Å². The zero-order valence-corrected chi connectivity index (χ0v) is 18.9. The summed E-state index contributed by atoms with van der Waals surface area (Å²) >= 11 is 0. The lowest BCUT2D eigenvalue weighted by Gasteiger charge is -2.34. The zero-order valence-electron chi connectivity index (χ0n) is 18.0. The number of halogens is 1. The molecule has 0 unspecified atom stereocenters. The highest BCUT2D eigenvalue weighted by atomic mass is 32.2. The van der Waals surface area contributed by atoms with Crippen molar-refractivity contribution in [2.45, 2.75) is 50.1 Å². The van der Waals surface area contributed by atoms with Crippen LogP contribution in [-0.2, 0) is 21.4 Å². The van der Waals surface area contributed by atoms with Crippen LogP contribution in [0.5, 0.6) is 0 Å². The Hall–Kier alpha value is -2.58. The number of Topliss-reactive ketones (excluding diaryl/α,β-unsaturated/α-hetero) is 1. The number of piperidine rings is 1. The van der Waals surface area contributed by atoms with E-state index in [2.05, 4.69) is 0 Å². The first-order valence-electron chi connectivity index (χ1n) is 10.9. The molecule has 0 spiro atoms. The molecule has 1 aliphatic heterocycles. The van der Waals surface area contributed by atoms with Crippen molar-refractivity contribution in [2.75, 3.05) is 13.1 Å². The Labute approximate surface area is 188 Å². The molecule has 2 aromatic carbocycles. The standard InChI is InChI=1S/C24H27FN2O4S/c1-17(28)20-3-2-4-23(15-20)32(30,31)26-13-11-19(12-14-26)24(29)27(22-9-10-22)16-18-5-7-21(25)8-6-18/h2-8,15,19,22H,9-14,16H2,1H3. The highest BCUT2D eigenvalue weighted by Gasteiger charge is 2.38. The number of sulfonamides is 1. The second-order valence-electron chi connectivity index (χ2n) is 8.59. The summed E-state index contributed by atoms with van der Waals surface area (Å²) in [6.45, 7) is 2.37. The SMILES string of the molecule is CC(=O)c1cccc(S(=O)(=O)N2CCC(C(=O)N(Cc3ccc(F)cc3)C3CC3)CC2)c1. The number of rotatable bonds is 7. The van der Waals surface area contributed by atoms with Crippen LogP contribution in [0.3, 0.4) is 0 Å². The molecule has 4 rings (SSSR count). The van der Waals surface area contributed by atoms with Crippen molar-refractivity contribution in [3.8, 4) is 0 Å². The van der Waals surface area contributed by atoms with E-state index in [1.54, 1.807) is 24.3 Å². The highest BCUT2D eigenvalue weighted by molar-refractivity contribution is 7.89. The molecule has 0 radical (unpaired) electrons. The molecule has 1 saturated heterocycles. The molecular weight excluding hydrogens is 431 g/mol. The number of hydrogen-bond donors (Lipinski definition) is 0. The van der Waals surface area contributed by atoms with Crippen LogP contribution < -0.4 is 0 Å². The molecule has 1 heterocycles. The number of ketones is 1. The lowest BCUT2D eigenvalue weighted by molar-refractivity contribution is -0.138. The van der Waals surface area contributed by atoms with Crippen molar-refractivity contribution in [1.29, 1.82) is 0 Å². The van der Waals surface area contributed by atoms with E-state index in [0.717, 1.165) is 18.4 Å². The third kappa shape index (κ3) is 4.91. The van der Waals surface area contributed by atoms with Crippen LogP contribution >= 0.6 is 0 Å². The monoisotopic (exact) mass is 458 g/mol. The molecular formula is C24H27FN2O4S. The highest BCUT2D eigenvalue weighted by Crippen LogP contribution is 2.33. The van der Waals surface area contributed by atoms with E-state index in [0.29, 0.717) is 24.9 Å². The summed E-state index contributed by atoms with van der Waals surface area (Å²) in [7, 11) is -3.72. The van der Waals surface area contributed by atoms with Crippen molar-refractivity contribution >= 4 is 21.7 Å². The first-order chi connectivity index (χ1) is 15.3. The lowest BCUT2D eigenvalue weighted by Crippen LogP contribution is -2.44. The van der Waals surface area contributed by atoms with E-state index < -0.39 is 10.0 Å². The lowest BCUT2D eigenvalue weighted by atomic mass is 9.96. The fraction of sp³-hybridized carbons (Fsp3) is 0.417. The van der Waals surface area contributed by atoms with Crippen LogP contribution in [0.1, 0.15) is 48.5 Å². The molecule has 1 amide bonds. The maximum absolute atomic E-state index is 13.2. The molecule has 32 heavy (non-hydrogen) atoms. The Morgan fingerprint density at radius 2 is 1.69 bits per heavy atom. The number of nitrogens with zero attached hydrogens (tertiary/aromatic N) is 2. The van der Waals surface area contributed by atoms with Crippen LogP contribution in [0.4, 0.5) is 4.39 Å². The molecule has 2 aliphatic rings. The summed E-state index contributed by atoms with van der Waals surface area (Å²) in [4.78, 5) is 26.8. The fourth-order valence-corrected chi connectivity index (χ4v) is 5.68. The second-order valence-corrected chi connectivity index (χ2v) is 10.5. The molecule has 1 saturated carbocycles. The summed E-state index contributed by atoms with van der Waals surface area (Å²) in [6, 6.07) is 12.5. The number of hydrogen-bond acceptors (Lipinski definition) is 4. The van der Waals surface area contributed by atoms with Crippen molar-refractivity contribution in [3.05, 3.63) is 65.5 Å². The Morgan fingerprint density at radius 1 is 1.03 bits per heavy atom. The molecule has 2 fully saturated rings. The molecule has 0 atom stereocenters. The quantitative estimate of drug-likeness (QED) is 0.594. The average molecular weight is 459 g/mol. The normalized spacial score (nSPS) is 17.8. The molecule has 6 nitrogen and oxygen atoms in total. The van der Waals surface area contributed by atoms with Gasteiger partial charge in [0.1, 0.15) is 5.82 Å². The van der Waals surface area contributed by atoms with E-state index in [1.165, 1.54) is 35.5 Å². The first-order valence-corrected chi connectivity index (χ1v) is 12.4. The third-order valence-electron chi connectivity index (χ3n) is 6.22. The van der Waals surface area contributed by atoms with Crippen molar-refractivity contribution in [1.82, 2.24) is 9.21 Å². The predicted molar refractivity (Wildman–Crippen MR) is 118 cm³/mol. The van der Waals surface area contributed by atoms with Gasteiger partial charge in [-0.3, -0.25) is 9.59 Å². The van der Waals surface area contributed by atoms with Gasteiger partial charge in [0.25, 0.3) is 0 Å². The summed E-state index contributed by atoms with van der Waals surface area (Å²) in [5, 5.41) is 0. The largest absolute Gasteiger partial charge is 0.335 e. The number of benzene rings is 2. The molecule has 170 valence electrons. The van der Waals surface area contributed by atoms with E-state index in [9.17, 15) is 22.4 Å². The van der Waals surface area contributed by atoms with Gasteiger partial charge in [-0.25, -0.2) is 12.8 Å². The Morgan fingerprint density at radius 3 is 2.28 bits per heavy atom. The van der Waals surface area contributed by atoms with E-state index in [4.69, 9.17) is 0 Å². The van der Waals surface area contributed by atoms with Crippen molar-refractivity contribution < 1.29 is 22.4 Å². The van der Waals surface area contributed by atoms with Gasteiger partial charge in [0.05, 0.1) is 4.90 Å². The third-order valence-corrected chi connectivity index (χ3v) is 8.11. The second kappa shape index (κ2) is 9.11. The van der Waals surface area contributed by atoms with Gasteiger partial charge < -0.3 is 4.90 Å². The Balaban J connectivity index is 1.42. The Bertz CT molecular complexity index is 1110. The van der Waals surface area contributed by atoms with E-state index in [-0.39, 0.29) is 47.5 Å². The van der Waals surface area contributed by atoms with Gasteiger partial charge in [-0.15, -0.1) is 0 Å².